The Bertz CT molecular complexity index is 612. The topological polar surface area (TPSA) is 62.7 Å². The summed E-state index contributed by atoms with van der Waals surface area (Å²) in [6, 6.07) is 7.53. The average Bonchev–Trinajstić information content (AvgIpc) is 2.93. The number of thiazole rings is 1. The number of amides is 1. The number of rotatable bonds is 6. The van der Waals surface area contributed by atoms with Crippen LogP contribution in [0.2, 0.25) is 0 Å². The van der Waals surface area contributed by atoms with Crippen molar-refractivity contribution in [3.8, 4) is 5.75 Å². The highest BCUT2D eigenvalue weighted by Crippen LogP contribution is 2.20. The normalized spacial score (nSPS) is 10.4. The summed E-state index contributed by atoms with van der Waals surface area (Å²) in [6.45, 7) is 2.40. The van der Waals surface area contributed by atoms with Gasteiger partial charge in [0.15, 0.2) is 0 Å². The molecule has 5 nitrogen and oxygen atoms in total. The van der Waals surface area contributed by atoms with Crippen LogP contribution in [0.4, 0.5) is 0 Å². The highest BCUT2D eigenvalue weighted by Gasteiger charge is 2.19. The molecule has 1 N–H and O–H groups in total. The number of benzene rings is 1. The van der Waals surface area contributed by atoms with Crippen molar-refractivity contribution < 1.29 is 14.6 Å². The number of hydrogen-bond donors (Lipinski definition) is 1. The Balaban J connectivity index is 2.21. The molecule has 112 valence electrons. The molecule has 0 aliphatic rings. The largest absolute Gasteiger partial charge is 0.496 e. The van der Waals surface area contributed by atoms with Crippen LogP contribution >= 0.6 is 11.3 Å². The molecule has 6 heteroatoms. The van der Waals surface area contributed by atoms with E-state index in [0.717, 1.165) is 16.3 Å². The van der Waals surface area contributed by atoms with Gasteiger partial charge in [-0.2, -0.15) is 0 Å². The van der Waals surface area contributed by atoms with Crippen molar-refractivity contribution in [2.75, 3.05) is 20.3 Å². The SMILES string of the molecule is COc1ccccc1CN(CCO)C(=O)c1csc(C)n1. The van der Waals surface area contributed by atoms with Crippen LogP contribution in [0.15, 0.2) is 29.6 Å². The third-order valence-electron chi connectivity index (χ3n) is 3.05. The van der Waals surface area contributed by atoms with Crippen molar-refractivity contribution in [1.82, 2.24) is 9.88 Å². The molecule has 0 bridgehead atoms. The Morgan fingerprint density at radius 2 is 2.19 bits per heavy atom. The van der Waals surface area contributed by atoms with Crippen LogP contribution in [0.5, 0.6) is 5.75 Å². The maximum atomic E-state index is 12.5. The van der Waals surface area contributed by atoms with E-state index >= 15 is 0 Å². The molecule has 2 rings (SSSR count). The maximum absolute atomic E-state index is 12.5. The maximum Gasteiger partial charge on any atom is 0.273 e. The molecule has 0 radical (unpaired) electrons. The Labute approximate surface area is 127 Å². The van der Waals surface area contributed by atoms with Crippen LogP contribution in [-0.4, -0.2) is 41.2 Å². The molecule has 1 amide bonds. The van der Waals surface area contributed by atoms with E-state index in [9.17, 15) is 9.90 Å². The van der Waals surface area contributed by atoms with Gasteiger partial charge in [0, 0.05) is 24.0 Å². The summed E-state index contributed by atoms with van der Waals surface area (Å²) in [7, 11) is 1.60. The number of hydrogen-bond acceptors (Lipinski definition) is 5. The third-order valence-corrected chi connectivity index (χ3v) is 3.82. The van der Waals surface area contributed by atoms with Crippen LogP contribution < -0.4 is 4.74 Å². The highest BCUT2D eigenvalue weighted by atomic mass is 32.1. The number of methoxy groups -OCH3 is 1. The summed E-state index contributed by atoms with van der Waals surface area (Å²) >= 11 is 1.44. The predicted molar refractivity (Wildman–Crippen MR) is 81.7 cm³/mol. The van der Waals surface area contributed by atoms with E-state index in [1.165, 1.54) is 11.3 Å². The average molecular weight is 306 g/mol. The van der Waals surface area contributed by atoms with Gasteiger partial charge in [-0.05, 0) is 13.0 Å². The number of carbonyl (C=O) groups is 1. The van der Waals surface area contributed by atoms with E-state index in [4.69, 9.17) is 4.74 Å². The molecular weight excluding hydrogens is 288 g/mol. The summed E-state index contributed by atoms with van der Waals surface area (Å²) < 4.78 is 5.30. The smallest absolute Gasteiger partial charge is 0.273 e. The Kier molecular flexibility index (Phi) is 5.30. The fourth-order valence-electron chi connectivity index (χ4n) is 2.04. The van der Waals surface area contributed by atoms with Crippen molar-refractivity contribution in [3.63, 3.8) is 0 Å². The molecule has 2 aromatic rings. The van der Waals surface area contributed by atoms with Gasteiger partial charge in [0.25, 0.3) is 5.91 Å². The number of aliphatic hydroxyl groups is 1. The van der Waals surface area contributed by atoms with Gasteiger partial charge in [-0.25, -0.2) is 4.98 Å². The predicted octanol–water partition coefficient (Wildman–Crippen LogP) is 2.09. The second-order valence-electron chi connectivity index (χ2n) is 4.51. The fourth-order valence-corrected chi connectivity index (χ4v) is 2.62. The first-order chi connectivity index (χ1) is 10.2. The van der Waals surface area contributed by atoms with E-state index in [-0.39, 0.29) is 19.1 Å². The zero-order chi connectivity index (χ0) is 15.2. The quantitative estimate of drug-likeness (QED) is 0.887. The van der Waals surface area contributed by atoms with Crippen molar-refractivity contribution in [3.05, 3.63) is 45.9 Å². The lowest BCUT2D eigenvalue weighted by atomic mass is 10.2. The van der Waals surface area contributed by atoms with Gasteiger partial charge >= 0.3 is 0 Å². The van der Waals surface area contributed by atoms with Crippen molar-refractivity contribution in [1.29, 1.82) is 0 Å². The summed E-state index contributed by atoms with van der Waals surface area (Å²) in [5, 5.41) is 11.8. The standard InChI is InChI=1S/C15H18N2O3S/c1-11-16-13(10-21-11)15(19)17(7-8-18)9-12-5-3-4-6-14(12)20-2/h3-6,10,18H,7-9H2,1-2H3. The number of aliphatic hydroxyl groups excluding tert-OH is 1. The third kappa shape index (κ3) is 3.80. The van der Waals surface area contributed by atoms with Crippen molar-refractivity contribution in [2.24, 2.45) is 0 Å². The fraction of sp³-hybridized carbons (Fsp3) is 0.333. The number of aromatic nitrogens is 1. The molecule has 0 unspecified atom stereocenters. The van der Waals surface area contributed by atoms with Gasteiger partial charge in [-0.1, -0.05) is 18.2 Å². The molecule has 0 aliphatic heterocycles. The van der Waals surface area contributed by atoms with Gasteiger partial charge in [0.1, 0.15) is 11.4 Å². The Morgan fingerprint density at radius 1 is 1.43 bits per heavy atom. The van der Waals surface area contributed by atoms with E-state index < -0.39 is 0 Å². The van der Waals surface area contributed by atoms with E-state index in [0.29, 0.717) is 12.2 Å². The van der Waals surface area contributed by atoms with Gasteiger partial charge in [-0.3, -0.25) is 4.79 Å². The molecular formula is C15H18N2O3S. The van der Waals surface area contributed by atoms with E-state index in [2.05, 4.69) is 4.98 Å². The lowest BCUT2D eigenvalue weighted by Crippen LogP contribution is -2.33. The molecule has 0 saturated heterocycles. The zero-order valence-corrected chi connectivity index (χ0v) is 12.9. The number of carbonyl (C=O) groups excluding carboxylic acids is 1. The molecule has 21 heavy (non-hydrogen) atoms. The first-order valence-corrected chi connectivity index (χ1v) is 7.48. The second-order valence-corrected chi connectivity index (χ2v) is 5.58. The molecule has 1 aromatic heterocycles. The lowest BCUT2D eigenvalue weighted by molar-refractivity contribution is 0.0701. The highest BCUT2D eigenvalue weighted by molar-refractivity contribution is 7.09. The van der Waals surface area contributed by atoms with Crippen molar-refractivity contribution >= 4 is 17.2 Å². The molecule has 0 atom stereocenters. The van der Waals surface area contributed by atoms with E-state index in [1.807, 2.05) is 31.2 Å². The Hall–Kier alpha value is -1.92. The van der Waals surface area contributed by atoms with Crippen LogP contribution in [0.25, 0.3) is 0 Å². The number of ether oxygens (including phenoxy) is 1. The summed E-state index contributed by atoms with van der Waals surface area (Å²) in [6.07, 6.45) is 0. The molecule has 0 saturated carbocycles. The molecule has 1 aromatic carbocycles. The molecule has 0 aliphatic carbocycles. The van der Waals surface area contributed by atoms with Crippen LogP contribution in [0.3, 0.4) is 0 Å². The lowest BCUT2D eigenvalue weighted by Gasteiger charge is -2.22. The minimum Gasteiger partial charge on any atom is -0.496 e. The number of nitrogens with zero attached hydrogens (tertiary/aromatic N) is 2. The van der Waals surface area contributed by atoms with Gasteiger partial charge < -0.3 is 14.7 Å². The van der Waals surface area contributed by atoms with Gasteiger partial charge in [0.2, 0.25) is 0 Å². The van der Waals surface area contributed by atoms with E-state index in [1.54, 1.807) is 17.4 Å². The Morgan fingerprint density at radius 3 is 2.81 bits per heavy atom. The summed E-state index contributed by atoms with van der Waals surface area (Å²) in [5.41, 5.74) is 1.31. The summed E-state index contributed by atoms with van der Waals surface area (Å²) in [4.78, 5) is 18.3. The first kappa shape index (κ1) is 15.5. The first-order valence-electron chi connectivity index (χ1n) is 6.60. The summed E-state index contributed by atoms with van der Waals surface area (Å²) in [5.74, 6) is 0.544. The minimum absolute atomic E-state index is 0.0932. The number of para-hydroxylation sites is 1. The molecule has 0 spiro atoms. The second kappa shape index (κ2) is 7.19. The van der Waals surface area contributed by atoms with Gasteiger partial charge in [0.05, 0.1) is 18.7 Å². The number of aryl methyl sites for hydroxylation is 1. The zero-order valence-electron chi connectivity index (χ0n) is 12.1. The van der Waals surface area contributed by atoms with Crippen LogP contribution in [-0.2, 0) is 6.54 Å². The van der Waals surface area contributed by atoms with Crippen LogP contribution in [0, 0.1) is 6.92 Å². The monoisotopic (exact) mass is 306 g/mol. The molecule has 1 heterocycles. The molecule has 0 fully saturated rings. The van der Waals surface area contributed by atoms with Crippen molar-refractivity contribution in [2.45, 2.75) is 13.5 Å². The van der Waals surface area contributed by atoms with Gasteiger partial charge in [-0.15, -0.1) is 11.3 Å². The minimum atomic E-state index is -0.181. The van der Waals surface area contributed by atoms with Crippen LogP contribution in [0.1, 0.15) is 21.1 Å².